The Balaban J connectivity index is 1.62. The van der Waals surface area contributed by atoms with Crippen LogP contribution in [0.4, 0.5) is 17.5 Å². The van der Waals surface area contributed by atoms with Crippen LogP contribution in [0.2, 0.25) is 0 Å². The van der Waals surface area contributed by atoms with Gasteiger partial charge in [0.15, 0.2) is 17.0 Å². The number of fused-ring (bicyclic) bond motifs is 1. The molecule has 1 aliphatic heterocycles. The Hall–Kier alpha value is -2.09. The van der Waals surface area contributed by atoms with Gasteiger partial charge in [0.1, 0.15) is 6.35 Å². The van der Waals surface area contributed by atoms with E-state index in [1.807, 2.05) is 21.1 Å². The molecule has 4 rings (SSSR count). The van der Waals surface area contributed by atoms with Gasteiger partial charge in [-0.1, -0.05) is 0 Å². The van der Waals surface area contributed by atoms with Crippen molar-refractivity contribution in [2.24, 2.45) is 5.92 Å². The smallest absolute Gasteiger partial charge is 0.254 e. The van der Waals surface area contributed by atoms with Crippen LogP contribution in [-0.4, -0.2) is 57.4 Å². The molecule has 2 unspecified atom stereocenters. The summed E-state index contributed by atoms with van der Waals surface area (Å²) in [7, 11) is 0.485. The lowest BCUT2D eigenvalue weighted by atomic mass is 9.98. The van der Waals surface area contributed by atoms with Gasteiger partial charge in [-0.05, 0) is 63.0 Å². The van der Waals surface area contributed by atoms with Crippen LogP contribution >= 0.6 is 16.8 Å². The van der Waals surface area contributed by atoms with Gasteiger partial charge in [0, 0.05) is 40.6 Å². The molecule has 0 bridgehead atoms. The number of aromatic nitrogens is 4. The molecule has 2 aromatic heterocycles. The molecular weight excluding hydrogens is 460 g/mol. The van der Waals surface area contributed by atoms with Crippen molar-refractivity contribution in [2.45, 2.75) is 26.3 Å². The van der Waals surface area contributed by atoms with E-state index >= 15 is 0 Å². The molecular formula is C21H31N7O3P2. The average Bonchev–Trinajstić information content (AvgIpc) is 3.23. The van der Waals surface area contributed by atoms with Crippen molar-refractivity contribution in [3.05, 3.63) is 30.6 Å². The summed E-state index contributed by atoms with van der Waals surface area (Å²) in [4.78, 5) is 26.4. The van der Waals surface area contributed by atoms with Crippen molar-refractivity contribution in [3.8, 4) is 0 Å². The van der Waals surface area contributed by atoms with E-state index in [2.05, 4.69) is 27.4 Å². The molecule has 3 N–H and O–H groups in total. The van der Waals surface area contributed by atoms with Crippen molar-refractivity contribution >= 4 is 50.8 Å². The number of nitrogens with one attached hydrogen (secondary N) is 2. The minimum atomic E-state index is -3.55. The minimum Gasteiger partial charge on any atom is -0.355 e. The quantitative estimate of drug-likeness (QED) is 0.389. The monoisotopic (exact) mass is 491 g/mol. The zero-order valence-electron chi connectivity index (χ0n) is 18.9. The number of aryl methyl sites for hydroxylation is 1. The lowest BCUT2D eigenvalue weighted by Crippen LogP contribution is -2.35. The van der Waals surface area contributed by atoms with Gasteiger partial charge in [-0.3, -0.25) is 4.57 Å². The lowest BCUT2D eigenvalue weighted by molar-refractivity contribution is 0.377. The molecule has 33 heavy (non-hydrogen) atoms. The first kappa shape index (κ1) is 24.0. The van der Waals surface area contributed by atoms with Crippen molar-refractivity contribution in [3.63, 3.8) is 0 Å². The summed E-state index contributed by atoms with van der Waals surface area (Å²) in [5, 5.41) is 7.07. The number of rotatable bonds is 9. The van der Waals surface area contributed by atoms with Gasteiger partial charge < -0.3 is 29.5 Å². The summed E-state index contributed by atoms with van der Waals surface area (Å²) >= 11 is 0. The number of nitrogens with zero attached hydrogens (tertiary/aromatic N) is 5. The maximum absolute atomic E-state index is 12.3. The Morgan fingerprint density at radius 2 is 2.03 bits per heavy atom. The highest BCUT2D eigenvalue weighted by atomic mass is 31.2. The summed E-state index contributed by atoms with van der Waals surface area (Å²) in [6.07, 6.45) is 3.81. The minimum absolute atomic E-state index is 0.252. The Bertz CT molecular complexity index is 1130. The highest BCUT2D eigenvalue weighted by Gasteiger charge is 2.22. The fourth-order valence-electron chi connectivity index (χ4n) is 4.05. The van der Waals surface area contributed by atoms with Crippen LogP contribution in [0.15, 0.2) is 30.6 Å². The molecule has 1 saturated heterocycles. The van der Waals surface area contributed by atoms with Crippen molar-refractivity contribution in [2.75, 3.05) is 43.2 Å². The largest absolute Gasteiger partial charge is 0.355 e. The van der Waals surface area contributed by atoms with Gasteiger partial charge in [-0.25, -0.2) is 4.98 Å². The first-order valence-corrected chi connectivity index (χ1v) is 13.4. The number of anilines is 3. The molecule has 2 atom stereocenters. The average molecular weight is 491 g/mol. The molecule has 0 amide bonds. The van der Waals surface area contributed by atoms with Crippen LogP contribution in [0, 0.1) is 5.92 Å². The molecule has 1 aliphatic rings. The van der Waals surface area contributed by atoms with Crippen LogP contribution in [0.5, 0.6) is 0 Å². The van der Waals surface area contributed by atoms with Gasteiger partial charge in [0.2, 0.25) is 5.95 Å². The Kier molecular flexibility index (Phi) is 7.62. The van der Waals surface area contributed by atoms with Crippen molar-refractivity contribution in [1.82, 2.24) is 24.8 Å². The summed E-state index contributed by atoms with van der Waals surface area (Å²) < 4.78 is 19.1. The van der Waals surface area contributed by atoms with Crippen LogP contribution < -0.4 is 20.8 Å². The van der Waals surface area contributed by atoms with E-state index in [0.717, 1.165) is 50.4 Å². The second kappa shape index (κ2) is 10.5. The molecule has 3 aromatic rings. The van der Waals surface area contributed by atoms with E-state index in [9.17, 15) is 9.46 Å². The SMILES string of the molecule is CCn1cnc2c(Nc3ccc(P(=O)(O)COP)cc3)nc(N(C)CC3CCNCC3)nc21. The molecule has 0 radical (unpaired) electrons. The summed E-state index contributed by atoms with van der Waals surface area (Å²) in [5.41, 5.74) is 2.20. The van der Waals surface area contributed by atoms with Crippen LogP contribution in [-0.2, 0) is 15.6 Å². The summed E-state index contributed by atoms with van der Waals surface area (Å²) in [5.74, 6) is 1.86. The molecule has 1 fully saturated rings. The Labute approximate surface area is 195 Å². The standard InChI is InChI=1S/C21H31N7O3P2/c1-3-28-13-23-18-19(24-16-4-6-17(7-5-16)33(29,30)14-31-32)25-21(26-20(18)28)27(2)12-15-8-10-22-11-9-15/h4-7,13,15,22H,3,8-12,14,32H2,1-2H3,(H,29,30)(H,24,25,26). The van der Waals surface area contributed by atoms with E-state index < -0.39 is 7.37 Å². The van der Waals surface area contributed by atoms with Crippen molar-refractivity contribution in [1.29, 1.82) is 0 Å². The normalized spacial score (nSPS) is 16.6. The fourth-order valence-corrected chi connectivity index (χ4v) is 5.62. The van der Waals surface area contributed by atoms with E-state index in [0.29, 0.717) is 28.5 Å². The van der Waals surface area contributed by atoms with Crippen molar-refractivity contribution < 1.29 is 14.0 Å². The summed E-state index contributed by atoms with van der Waals surface area (Å²) in [6.45, 7) is 5.80. The predicted molar refractivity (Wildman–Crippen MR) is 135 cm³/mol. The molecule has 178 valence electrons. The second-order valence-electron chi connectivity index (χ2n) is 8.32. The fraction of sp³-hybridized carbons (Fsp3) is 0.476. The van der Waals surface area contributed by atoms with E-state index in [-0.39, 0.29) is 6.35 Å². The van der Waals surface area contributed by atoms with Crippen LogP contribution in [0.3, 0.4) is 0 Å². The predicted octanol–water partition coefficient (Wildman–Crippen LogP) is 2.69. The Morgan fingerprint density at radius 1 is 1.30 bits per heavy atom. The molecule has 12 heteroatoms. The highest BCUT2D eigenvalue weighted by Crippen LogP contribution is 2.40. The van der Waals surface area contributed by atoms with Gasteiger partial charge in [-0.15, -0.1) is 0 Å². The van der Waals surface area contributed by atoms with Crippen LogP contribution in [0.25, 0.3) is 11.2 Å². The van der Waals surface area contributed by atoms with Gasteiger partial charge in [0.25, 0.3) is 7.37 Å². The zero-order valence-corrected chi connectivity index (χ0v) is 21.0. The number of hydrogen-bond donors (Lipinski definition) is 3. The van der Waals surface area contributed by atoms with E-state index in [1.165, 1.54) is 0 Å². The zero-order chi connectivity index (χ0) is 23.4. The second-order valence-corrected chi connectivity index (χ2v) is 10.8. The highest BCUT2D eigenvalue weighted by molar-refractivity contribution is 7.66. The first-order valence-electron chi connectivity index (χ1n) is 11.1. The third-order valence-electron chi connectivity index (χ3n) is 5.91. The maximum atomic E-state index is 12.3. The molecule has 10 nitrogen and oxygen atoms in total. The summed E-state index contributed by atoms with van der Waals surface area (Å²) in [6, 6.07) is 6.76. The lowest BCUT2D eigenvalue weighted by Gasteiger charge is -2.27. The third-order valence-corrected chi connectivity index (χ3v) is 7.96. The number of imidazole rings is 1. The maximum Gasteiger partial charge on any atom is 0.254 e. The third kappa shape index (κ3) is 5.53. The molecule has 0 spiro atoms. The topological polar surface area (TPSA) is 117 Å². The van der Waals surface area contributed by atoms with E-state index in [4.69, 9.17) is 14.5 Å². The van der Waals surface area contributed by atoms with Gasteiger partial charge >= 0.3 is 0 Å². The Morgan fingerprint density at radius 3 is 2.70 bits per heavy atom. The molecule has 3 heterocycles. The van der Waals surface area contributed by atoms with Gasteiger partial charge in [-0.2, -0.15) is 9.97 Å². The first-order chi connectivity index (χ1) is 15.9. The molecule has 1 aromatic carbocycles. The van der Waals surface area contributed by atoms with E-state index in [1.54, 1.807) is 30.6 Å². The molecule has 0 saturated carbocycles. The number of piperidine rings is 1. The number of benzene rings is 1. The number of hydrogen-bond acceptors (Lipinski definition) is 8. The molecule has 0 aliphatic carbocycles. The van der Waals surface area contributed by atoms with Gasteiger partial charge in [0.05, 0.1) is 6.33 Å². The van der Waals surface area contributed by atoms with Crippen LogP contribution in [0.1, 0.15) is 19.8 Å².